The summed E-state index contributed by atoms with van der Waals surface area (Å²) >= 11 is 5.56. The van der Waals surface area contributed by atoms with Gasteiger partial charge in [-0.15, -0.1) is 0 Å². The molecule has 10 heteroatoms. The highest BCUT2D eigenvalue weighted by atomic mass is 35.5. The number of anilines is 1. The van der Waals surface area contributed by atoms with E-state index in [4.69, 9.17) is 11.6 Å². The van der Waals surface area contributed by atoms with Crippen molar-refractivity contribution in [2.24, 2.45) is 7.05 Å². The lowest BCUT2D eigenvalue weighted by atomic mass is 10.3. The summed E-state index contributed by atoms with van der Waals surface area (Å²) in [7, 11) is -1.65. The number of carbonyl (C=O) groups is 2. The van der Waals surface area contributed by atoms with Crippen molar-refractivity contribution in [1.29, 1.82) is 0 Å². The number of nitrogens with zero attached hydrogens (tertiary/aromatic N) is 1. The molecule has 27 heavy (non-hydrogen) atoms. The summed E-state index contributed by atoms with van der Waals surface area (Å²) in [5.41, 5.74) is 1.54. The van der Waals surface area contributed by atoms with E-state index in [1.54, 1.807) is 0 Å². The van der Waals surface area contributed by atoms with Gasteiger partial charge in [0.15, 0.2) is 11.6 Å². The normalized spacial score (nSPS) is 13.3. The monoisotopic (exact) mass is 417 g/mol. The Morgan fingerprint density at radius 1 is 1.30 bits per heavy atom. The first kappa shape index (κ1) is 21.1. The van der Waals surface area contributed by atoms with Gasteiger partial charge in [-0.25, -0.2) is 8.78 Å². The van der Waals surface area contributed by atoms with E-state index in [9.17, 15) is 22.6 Å². The van der Waals surface area contributed by atoms with Gasteiger partial charge in [0.1, 0.15) is 5.69 Å². The minimum atomic E-state index is -3.18. The fourth-order valence-electron chi connectivity index (χ4n) is 2.15. The number of carbonyl (C=O) groups excluding carboxylic acids is 2. The molecule has 0 bridgehead atoms. The Morgan fingerprint density at radius 2 is 1.96 bits per heavy atom. The number of hydrogen-bond donors (Lipinski definition) is 2. The van der Waals surface area contributed by atoms with E-state index in [2.05, 4.69) is 10.6 Å². The predicted molar refractivity (Wildman–Crippen MR) is 102 cm³/mol. The molecule has 1 amide bonds. The van der Waals surface area contributed by atoms with Crippen molar-refractivity contribution in [3.8, 4) is 0 Å². The Morgan fingerprint density at radius 3 is 2.52 bits per heavy atom. The van der Waals surface area contributed by atoms with Gasteiger partial charge in [-0.2, -0.15) is 0 Å². The third kappa shape index (κ3) is 4.74. The first-order valence-corrected chi connectivity index (χ1v) is 9.84. The number of halogens is 3. The fourth-order valence-corrected chi connectivity index (χ4v) is 3.75. The topological polar surface area (TPSA) is 80.2 Å². The molecule has 0 spiro atoms. The lowest BCUT2D eigenvalue weighted by Crippen LogP contribution is -2.25. The highest BCUT2D eigenvalue weighted by Gasteiger charge is 2.19. The SMILES string of the molecule is CC(C)NC=S(=O)(C=O)c1cc(C(=O)Nc2cc(F)c(F)c(Cl)c2)n(C)c1. The van der Waals surface area contributed by atoms with Gasteiger partial charge in [-0.05, 0) is 26.0 Å². The summed E-state index contributed by atoms with van der Waals surface area (Å²) in [6.45, 7) is 3.63. The maximum atomic E-state index is 13.4. The van der Waals surface area contributed by atoms with Crippen LogP contribution in [0.3, 0.4) is 0 Å². The van der Waals surface area contributed by atoms with Crippen molar-refractivity contribution in [2.45, 2.75) is 24.8 Å². The van der Waals surface area contributed by atoms with Crippen LogP contribution in [0.1, 0.15) is 24.3 Å². The molecular formula is C17H18ClF2N3O3S. The summed E-state index contributed by atoms with van der Waals surface area (Å²) in [6, 6.07) is 3.12. The van der Waals surface area contributed by atoms with Gasteiger partial charge < -0.3 is 9.88 Å². The Bertz CT molecular complexity index is 988. The van der Waals surface area contributed by atoms with Crippen LogP contribution in [0.5, 0.6) is 0 Å². The quantitative estimate of drug-likeness (QED) is 0.430. The molecule has 1 aromatic carbocycles. The molecule has 146 valence electrons. The molecule has 1 heterocycles. The summed E-state index contributed by atoms with van der Waals surface area (Å²) in [4.78, 5) is 24.0. The fraction of sp³-hybridized carbons (Fsp3) is 0.235. The zero-order chi connectivity index (χ0) is 20.4. The molecule has 2 rings (SSSR count). The molecule has 0 aliphatic carbocycles. The van der Waals surface area contributed by atoms with Crippen LogP contribution < -0.4 is 10.6 Å². The Balaban J connectivity index is 2.35. The zero-order valence-electron chi connectivity index (χ0n) is 14.8. The highest BCUT2D eigenvalue weighted by molar-refractivity contribution is 8.13. The third-order valence-corrected chi connectivity index (χ3v) is 5.55. The number of amides is 1. The van der Waals surface area contributed by atoms with Crippen LogP contribution in [0.2, 0.25) is 5.02 Å². The van der Waals surface area contributed by atoms with Crippen LogP contribution in [0.25, 0.3) is 0 Å². The predicted octanol–water partition coefficient (Wildman–Crippen LogP) is 2.80. The molecule has 1 unspecified atom stereocenters. The Kier molecular flexibility index (Phi) is 6.40. The molecule has 2 aromatic rings. The van der Waals surface area contributed by atoms with E-state index >= 15 is 0 Å². The third-order valence-electron chi connectivity index (χ3n) is 3.54. The second-order valence-corrected chi connectivity index (χ2v) is 8.66. The van der Waals surface area contributed by atoms with Gasteiger partial charge in [0.25, 0.3) is 5.91 Å². The van der Waals surface area contributed by atoms with Crippen LogP contribution in [0.4, 0.5) is 14.5 Å². The smallest absolute Gasteiger partial charge is 0.272 e. The summed E-state index contributed by atoms with van der Waals surface area (Å²) < 4.78 is 40.8. The zero-order valence-corrected chi connectivity index (χ0v) is 16.3. The molecule has 0 fully saturated rings. The molecular weight excluding hydrogens is 400 g/mol. The molecule has 2 N–H and O–H groups in total. The van der Waals surface area contributed by atoms with Gasteiger partial charge in [0.05, 0.1) is 19.4 Å². The van der Waals surface area contributed by atoms with Crippen molar-refractivity contribution in [2.75, 3.05) is 5.32 Å². The minimum absolute atomic E-state index is 0.0321. The number of hydrogen-bond acceptors (Lipinski definition) is 3. The van der Waals surface area contributed by atoms with E-state index in [1.807, 2.05) is 13.8 Å². The van der Waals surface area contributed by atoms with Gasteiger partial charge in [0, 0.05) is 36.5 Å². The molecule has 0 aliphatic rings. The van der Waals surface area contributed by atoms with E-state index in [-0.39, 0.29) is 22.3 Å². The van der Waals surface area contributed by atoms with Gasteiger partial charge in [-0.3, -0.25) is 19.1 Å². The first-order valence-electron chi connectivity index (χ1n) is 7.78. The summed E-state index contributed by atoms with van der Waals surface area (Å²) in [5.74, 6) is -3.09. The van der Waals surface area contributed by atoms with Crippen LogP contribution >= 0.6 is 11.6 Å². The number of benzene rings is 1. The first-order chi connectivity index (χ1) is 12.6. The number of aryl methyl sites for hydroxylation is 1. The van der Waals surface area contributed by atoms with Crippen molar-refractivity contribution in [3.63, 3.8) is 0 Å². The molecule has 1 aromatic heterocycles. The standard InChI is InChI=1S/C17H18ClF2N3O3S/c1-10(2)21-8-27(26,9-24)12-6-15(23(3)7-12)17(25)22-11-4-13(18)16(20)14(19)5-11/h4-10,21H,1-3H3,(H,22,25). The average molecular weight is 418 g/mol. The second-order valence-electron chi connectivity index (χ2n) is 6.06. The number of rotatable bonds is 6. The largest absolute Gasteiger partial charge is 0.345 e. The summed E-state index contributed by atoms with van der Waals surface area (Å²) in [5, 5.41) is 4.73. The van der Waals surface area contributed by atoms with Crippen LogP contribution in [-0.4, -0.2) is 31.8 Å². The van der Waals surface area contributed by atoms with Crippen LogP contribution in [0.15, 0.2) is 29.3 Å². The minimum Gasteiger partial charge on any atom is -0.345 e. The molecule has 0 saturated carbocycles. The maximum absolute atomic E-state index is 13.4. The Labute approximate surface area is 160 Å². The van der Waals surface area contributed by atoms with Crippen molar-refractivity contribution >= 4 is 43.8 Å². The lowest BCUT2D eigenvalue weighted by Gasteiger charge is -2.07. The number of aromatic nitrogens is 1. The van der Waals surface area contributed by atoms with E-state index in [0.29, 0.717) is 5.62 Å². The molecule has 0 saturated heterocycles. The van der Waals surface area contributed by atoms with Crippen LogP contribution in [-0.2, 0) is 21.4 Å². The van der Waals surface area contributed by atoms with E-state index in [1.165, 1.54) is 29.4 Å². The van der Waals surface area contributed by atoms with Gasteiger partial charge >= 0.3 is 0 Å². The highest BCUT2D eigenvalue weighted by Crippen LogP contribution is 2.23. The van der Waals surface area contributed by atoms with Gasteiger partial charge in [-0.1, -0.05) is 11.6 Å². The molecule has 1 atom stereocenters. The molecule has 0 aliphatic heterocycles. The molecule has 6 nitrogen and oxygen atoms in total. The van der Waals surface area contributed by atoms with Crippen molar-refractivity contribution in [3.05, 3.63) is 46.7 Å². The van der Waals surface area contributed by atoms with Gasteiger partial charge in [0.2, 0.25) is 5.62 Å². The number of nitrogens with one attached hydrogen (secondary N) is 2. The van der Waals surface area contributed by atoms with Crippen LogP contribution in [0, 0.1) is 11.6 Å². The molecule has 0 radical (unpaired) electrons. The van der Waals surface area contributed by atoms with Crippen molar-refractivity contribution in [1.82, 2.24) is 9.88 Å². The lowest BCUT2D eigenvalue weighted by molar-refractivity contribution is 0.101. The van der Waals surface area contributed by atoms with Crippen molar-refractivity contribution < 1.29 is 22.6 Å². The van der Waals surface area contributed by atoms with E-state index < -0.39 is 32.1 Å². The average Bonchev–Trinajstić information content (AvgIpc) is 3.00. The maximum Gasteiger partial charge on any atom is 0.272 e. The Hall–Kier alpha value is -2.23. The summed E-state index contributed by atoms with van der Waals surface area (Å²) in [6.07, 6.45) is 1.39. The second kappa shape index (κ2) is 8.20. The van der Waals surface area contributed by atoms with E-state index in [0.717, 1.165) is 12.1 Å².